The summed E-state index contributed by atoms with van der Waals surface area (Å²) in [6.45, 7) is 0.380. The Hall–Kier alpha value is -2.50. The Morgan fingerprint density at radius 2 is 1.89 bits per heavy atom. The molecule has 0 aliphatic heterocycles. The van der Waals surface area contributed by atoms with Crippen LogP contribution in [0, 0.1) is 0 Å². The van der Waals surface area contributed by atoms with Crippen LogP contribution in [-0.2, 0) is 6.61 Å². The van der Waals surface area contributed by atoms with Crippen LogP contribution < -0.4 is 21.5 Å². The minimum atomic E-state index is 0.122. The molecule has 94 valence electrons. The Morgan fingerprint density at radius 3 is 2.56 bits per heavy atom. The average molecular weight is 245 g/mol. The van der Waals surface area contributed by atoms with Crippen molar-refractivity contribution in [2.75, 3.05) is 23.8 Å². The molecular weight excluding hydrogens is 230 g/mol. The van der Waals surface area contributed by atoms with Gasteiger partial charge in [-0.3, -0.25) is 0 Å². The lowest BCUT2D eigenvalue weighted by Crippen LogP contribution is -2.08. The first-order valence-corrected chi connectivity index (χ1v) is 5.48. The van der Waals surface area contributed by atoms with Crippen molar-refractivity contribution in [3.8, 4) is 5.88 Å². The van der Waals surface area contributed by atoms with Gasteiger partial charge in [0.2, 0.25) is 11.8 Å². The van der Waals surface area contributed by atoms with E-state index in [1.807, 2.05) is 30.3 Å². The fourth-order valence-corrected chi connectivity index (χ4v) is 1.49. The molecule has 2 aromatic rings. The Balaban J connectivity index is 2.17. The van der Waals surface area contributed by atoms with Crippen LogP contribution in [-0.4, -0.2) is 17.0 Å². The second-order valence-electron chi connectivity index (χ2n) is 3.67. The number of rotatable bonds is 4. The maximum absolute atomic E-state index is 5.86. The normalized spacial score (nSPS) is 10.1. The Labute approximate surface area is 105 Å². The first kappa shape index (κ1) is 12.0. The van der Waals surface area contributed by atoms with Gasteiger partial charge in [0.05, 0.1) is 0 Å². The van der Waals surface area contributed by atoms with E-state index in [1.165, 1.54) is 0 Å². The van der Waals surface area contributed by atoms with Crippen LogP contribution in [0.4, 0.5) is 17.5 Å². The van der Waals surface area contributed by atoms with Gasteiger partial charge >= 0.3 is 0 Å². The molecular formula is C12H15N5O. The number of hydrogen-bond acceptors (Lipinski definition) is 6. The van der Waals surface area contributed by atoms with Gasteiger partial charge in [0.25, 0.3) is 0 Å². The van der Waals surface area contributed by atoms with Crippen LogP contribution in [0.5, 0.6) is 5.88 Å². The topological polar surface area (TPSA) is 99.1 Å². The van der Waals surface area contributed by atoms with Gasteiger partial charge < -0.3 is 21.5 Å². The summed E-state index contributed by atoms with van der Waals surface area (Å²) in [6, 6.07) is 9.74. The standard InChI is InChI=1S/C12H15N5O/c1-15-10-9(13)11(17-12(14)16-10)18-7-8-5-3-2-4-6-8/h2-6H,7,13H2,1H3,(H3,14,15,16,17). The zero-order valence-electron chi connectivity index (χ0n) is 10.1. The van der Waals surface area contributed by atoms with E-state index >= 15 is 0 Å². The number of nitrogens with one attached hydrogen (secondary N) is 1. The molecule has 0 saturated heterocycles. The van der Waals surface area contributed by atoms with E-state index < -0.39 is 0 Å². The van der Waals surface area contributed by atoms with Crippen LogP contribution in [0.3, 0.4) is 0 Å². The SMILES string of the molecule is CNc1nc(N)nc(OCc2ccccc2)c1N. The van der Waals surface area contributed by atoms with E-state index in [1.54, 1.807) is 7.05 Å². The summed E-state index contributed by atoms with van der Waals surface area (Å²) < 4.78 is 5.55. The third-order valence-corrected chi connectivity index (χ3v) is 2.38. The number of ether oxygens (including phenoxy) is 1. The lowest BCUT2D eigenvalue weighted by molar-refractivity contribution is 0.296. The average Bonchev–Trinajstić information content (AvgIpc) is 2.40. The molecule has 0 amide bonds. The number of nitrogens with two attached hydrogens (primary N) is 2. The first-order valence-electron chi connectivity index (χ1n) is 5.48. The summed E-state index contributed by atoms with van der Waals surface area (Å²) in [7, 11) is 1.71. The van der Waals surface area contributed by atoms with Gasteiger partial charge in [-0.1, -0.05) is 30.3 Å². The smallest absolute Gasteiger partial charge is 0.244 e. The van der Waals surface area contributed by atoms with Crippen molar-refractivity contribution in [3.05, 3.63) is 35.9 Å². The van der Waals surface area contributed by atoms with Gasteiger partial charge in [-0.2, -0.15) is 9.97 Å². The first-order chi connectivity index (χ1) is 8.70. The van der Waals surface area contributed by atoms with Crippen molar-refractivity contribution in [1.29, 1.82) is 0 Å². The van der Waals surface area contributed by atoms with E-state index in [2.05, 4.69) is 15.3 Å². The highest BCUT2D eigenvalue weighted by atomic mass is 16.5. The molecule has 0 fully saturated rings. The molecule has 1 heterocycles. The molecule has 0 bridgehead atoms. The predicted molar refractivity (Wildman–Crippen MR) is 71.2 cm³/mol. The Morgan fingerprint density at radius 1 is 1.17 bits per heavy atom. The van der Waals surface area contributed by atoms with Gasteiger partial charge in [0, 0.05) is 7.05 Å². The molecule has 0 aliphatic rings. The van der Waals surface area contributed by atoms with Crippen molar-refractivity contribution in [2.24, 2.45) is 0 Å². The molecule has 1 aromatic carbocycles. The second kappa shape index (κ2) is 5.22. The van der Waals surface area contributed by atoms with Gasteiger partial charge in [-0.15, -0.1) is 0 Å². The highest BCUT2D eigenvalue weighted by molar-refractivity contribution is 5.68. The molecule has 2 rings (SSSR count). The van der Waals surface area contributed by atoms with Crippen LogP contribution in [0.1, 0.15) is 5.56 Å². The van der Waals surface area contributed by atoms with E-state index in [0.29, 0.717) is 18.1 Å². The highest BCUT2D eigenvalue weighted by Crippen LogP contribution is 2.26. The van der Waals surface area contributed by atoms with Crippen LogP contribution in [0.25, 0.3) is 0 Å². The maximum atomic E-state index is 5.86. The summed E-state index contributed by atoms with van der Waals surface area (Å²) in [4.78, 5) is 7.93. The monoisotopic (exact) mass is 245 g/mol. The third-order valence-electron chi connectivity index (χ3n) is 2.38. The van der Waals surface area contributed by atoms with Crippen LogP contribution in [0.15, 0.2) is 30.3 Å². The van der Waals surface area contributed by atoms with Crippen molar-refractivity contribution in [2.45, 2.75) is 6.61 Å². The van der Waals surface area contributed by atoms with Crippen molar-refractivity contribution >= 4 is 17.5 Å². The van der Waals surface area contributed by atoms with Crippen molar-refractivity contribution in [1.82, 2.24) is 9.97 Å². The molecule has 1 aromatic heterocycles. The molecule has 0 spiro atoms. The van der Waals surface area contributed by atoms with Gasteiger partial charge in [0.15, 0.2) is 5.82 Å². The van der Waals surface area contributed by atoms with Crippen LogP contribution >= 0.6 is 0 Å². The molecule has 18 heavy (non-hydrogen) atoms. The molecule has 0 unspecified atom stereocenters. The summed E-state index contributed by atoms with van der Waals surface area (Å²) in [5, 5.41) is 2.84. The lowest BCUT2D eigenvalue weighted by Gasteiger charge is -2.11. The maximum Gasteiger partial charge on any atom is 0.244 e. The molecule has 5 N–H and O–H groups in total. The van der Waals surface area contributed by atoms with Crippen molar-refractivity contribution in [3.63, 3.8) is 0 Å². The number of nitrogens with zero attached hydrogens (tertiary/aromatic N) is 2. The predicted octanol–water partition coefficient (Wildman–Crippen LogP) is 1.26. The number of hydrogen-bond donors (Lipinski definition) is 3. The van der Waals surface area contributed by atoms with Crippen LogP contribution in [0.2, 0.25) is 0 Å². The minimum Gasteiger partial charge on any atom is -0.471 e. The number of benzene rings is 1. The fourth-order valence-electron chi connectivity index (χ4n) is 1.49. The zero-order valence-corrected chi connectivity index (χ0v) is 10.1. The highest BCUT2D eigenvalue weighted by Gasteiger charge is 2.10. The summed E-state index contributed by atoms with van der Waals surface area (Å²) in [5.41, 5.74) is 12.8. The Kier molecular flexibility index (Phi) is 3.47. The third kappa shape index (κ3) is 2.60. The van der Waals surface area contributed by atoms with Crippen molar-refractivity contribution < 1.29 is 4.74 Å². The van der Waals surface area contributed by atoms with Gasteiger partial charge in [0.1, 0.15) is 12.3 Å². The number of nitrogen functional groups attached to an aromatic ring is 2. The fraction of sp³-hybridized carbons (Fsp3) is 0.167. The van der Waals surface area contributed by atoms with E-state index in [4.69, 9.17) is 16.2 Å². The lowest BCUT2D eigenvalue weighted by atomic mass is 10.2. The van der Waals surface area contributed by atoms with Gasteiger partial charge in [-0.05, 0) is 5.56 Å². The number of anilines is 3. The summed E-state index contributed by atoms with van der Waals surface area (Å²) >= 11 is 0. The molecule has 0 saturated carbocycles. The quantitative estimate of drug-likeness (QED) is 0.750. The largest absolute Gasteiger partial charge is 0.471 e. The number of aromatic nitrogens is 2. The van der Waals surface area contributed by atoms with E-state index in [9.17, 15) is 0 Å². The molecule has 6 heteroatoms. The molecule has 0 radical (unpaired) electrons. The summed E-state index contributed by atoms with van der Waals surface area (Å²) in [5.74, 6) is 0.873. The van der Waals surface area contributed by atoms with Gasteiger partial charge in [-0.25, -0.2) is 0 Å². The van der Waals surface area contributed by atoms with E-state index in [0.717, 1.165) is 5.56 Å². The van der Waals surface area contributed by atoms with E-state index in [-0.39, 0.29) is 11.8 Å². The Bertz CT molecular complexity index is 529. The zero-order chi connectivity index (χ0) is 13.0. The summed E-state index contributed by atoms with van der Waals surface area (Å²) in [6.07, 6.45) is 0. The minimum absolute atomic E-state index is 0.122. The molecule has 0 aliphatic carbocycles. The molecule has 0 atom stereocenters. The molecule has 6 nitrogen and oxygen atoms in total. The second-order valence-corrected chi connectivity index (χ2v) is 3.67.